The fourth-order valence-electron chi connectivity index (χ4n) is 1.74. The summed E-state index contributed by atoms with van der Waals surface area (Å²) in [5.74, 6) is 0. The third-order valence-electron chi connectivity index (χ3n) is 2.69. The molecule has 3 heteroatoms. The number of aliphatic hydroxyl groups is 1. The molecule has 0 fully saturated rings. The minimum atomic E-state index is 0.221. The Morgan fingerprint density at radius 2 is 2.00 bits per heavy atom. The van der Waals surface area contributed by atoms with E-state index in [1.54, 1.807) is 11.3 Å². The minimum Gasteiger partial charge on any atom is -0.396 e. The van der Waals surface area contributed by atoms with E-state index in [9.17, 15) is 0 Å². The molecule has 0 bridgehead atoms. The molecule has 0 aliphatic heterocycles. The number of hydrogen-bond acceptors (Lipinski definition) is 2. The van der Waals surface area contributed by atoms with Crippen LogP contribution in [0.25, 0.3) is 0 Å². The van der Waals surface area contributed by atoms with Crippen LogP contribution in [-0.2, 0) is 19.9 Å². The fourth-order valence-corrected chi connectivity index (χ4v) is 2.74. The molecule has 1 aromatic carbocycles. The van der Waals surface area contributed by atoms with E-state index in [0.717, 1.165) is 12.8 Å². The molecule has 0 saturated heterocycles. The van der Waals surface area contributed by atoms with E-state index in [-0.39, 0.29) is 6.61 Å². The number of hydrogen-bond donors (Lipinski definition) is 1. The number of rotatable bonds is 4. The standard InChI is InChI=1S/C13H16NOS/c1-14-12(10-16-13(14)7-8-15)9-11-5-3-2-4-6-11/h2-6,10,15H,7-9H2,1H3/q+1. The number of aliphatic hydroxyl groups excluding tert-OH is 1. The van der Waals surface area contributed by atoms with Gasteiger partial charge in [0.1, 0.15) is 7.05 Å². The summed E-state index contributed by atoms with van der Waals surface area (Å²) in [5, 5.41) is 12.3. The third kappa shape index (κ3) is 2.49. The van der Waals surface area contributed by atoms with Crippen LogP contribution >= 0.6 is 11.3 Å². The van der Waals surface area contributed by atoms with Crippen molar-refractivity contribution in [2.75, 3.05) is 6.61 Å². The molecule has 16 heavy (non-hydrogen) atoms. The molecular weight excluding hydrogens is 218 g/mol. The van der Waals surface area contributed by atoms with Gasteiger partial charge in [-0.3, -0.25) is 0 Å². The van der Waals surface area contributed by atoms with Gasteiger partial charge >= 0.3 is 0 Å². The zero-order chi connectivity index (χ0) is 11.4. The smallest absolute Gasteiger partial charge is 0.239 e. The molecular formula is C13H16NOS+. The summed E-state index contributed by atoms with van der Waals surface area (Å²) in [6.07, 6.45) is 1.70. The van der Waals surface area contributed by atoms with E-state index in [4.69, 9.17) is 5.11 Å². The van der Waals surface area contributed by atoms with Crippen molar-refractivity contribution in [2.45, 2.75) is 12.8 Å². The van der Waals surface area contributed by atoms with Gasteiger partial charge in [0.15, 0.2) is 5.69 Å². The number of benzene rings is 1. The molecule has 0 spiro atoms. The predicted molar refractivity (Wildman–Crippen MR) is 65.5 cm³/mol. The number of aromatic nitrogens is 1. The molecule has 0 unspecified atom stereocenters. The first kappa shape index (κ1) is 11.3. The normalized spacial score (nSPS) is 10.6. The summed E-state index contributed by atoms with van der Waals surface area (Å²) < 4.78 is 2.19. The van der Waals surface area contributed by atoms with Crippen LogP contribution in [0.1, 0.15) is 16.3 Å². The van der Waals surface area contributed by atoms with Crippen molar-refractivity contribution in [3.63, 3.8) is 0 Å². The van der Waals surface area contributed by atoms with Crippen LogP contribution < -0.4 is 4.57 Å². The lowest BCUT2D eigenvalue weighted by Crippen LogP contribution is -2.35. The highest BCUT2D eigenvalue weighted by Gasteiger charge is 2.15. The first-order chi connectivity index (χ1) is 7.81. The Bertz CT molecular complexity index is 450. The summed E-state index contributed by atoms with van der Waals surface area (Å²) >= 11 is 1.72. The maximum atomic E-state index is 8.94. The lowest BCUT2D eigenvalue weighted by molar-refractivity contribution is -0.681. The van der Waals surface area contributed by atoms with Gasteiger partial charge in [0.2, 0.25) is 5.01 Å². The van der Waals surface area contributed by atoms with E-state index in [2.05, 4.69) is 41.3 Å². The lowest BCUT2D eigenvalue weighted by atomic mass is 10.1. The van der Waals surface area contributed by atoms with Gasteiger partial charge in [0.05, 0.1) is 24.8 Å². The Morgan fingerprint density at radius 3 is 2.69 bits per heavy atom. The molecule has 0 amide bonds. The summed E-state index contributed by atoms with van der Waals surface area (Å²) in [6.45, 7) is 0.221. The van der Waals surface area contributed by atoms with Crippen LogP contribution in [0.3, 0.4) is 0 Å². The van der Waals surface area contributed by atoms with Crippen molar-refractivity contribution in [1.29, 1.82) is 0 Å². The Morgan fingerprint density at radius 1 is 1.25 bits per heavy atom. The highest BCUT2D eigenvalue weighted by Crippen LogP contribution is 2.12. The lowest BCUT2D eigenvalue weighted by Gasteiger charge is -1.97. The SMILES string of the molecule is C[n+]1c(Cc2ccccc2)csc1CCO. The summed E-state index contributed by atoms with van der Waals surface area (Å²) in [5.41, 5.74) is 2.63. The molecule has 0 aliphatic carbocycles. The van der Waals surface area contributed by atoms with Crippen LogP contribution in [0.5, 0.6) is 0 Å². The second-order valence-electron chi connectivity index (χ2n) is 3.82. The van der Waals surface area contributed by atoms with Crippen molar-refractivity contribution in [3.05, 3.63) is 52.0 Å². The number of nitrogens with zero attached hydrogens (tertiary/aromatic N) is 1. The van der Waals surface area contributed by atoms with Crippen molar-refractivity contribution in [3.8, 4) is 0 Å². The first-order valence-electron chi connectivity index (χ1n) is 5.41. The van der Waals surface area contributed by atoms with Gasteiger partial charge in [0, 0.05) is 0 Å². The Labute approximate surface area is 99.8 Å². The molecule has 2 nitrogen and oxygen atoms in total. The van der Waals surface area contributed by atoms with E-state index in [0.29, 0.717) is 0 Å². The Balaban J connectivity index is 2.16. The monoisotopic (exact) mass is 234 g/mol. The van der Waals surface area contributed by atoms with Gasteiger partial charge in [-0.1, -0.05) is 41.7 Å². The second kappa shape index (κ2) is 5.23. The molecule has 1 N–H and O–H groups in total. The fraction of sp³-hybridized carbons (Fsp3) is 0.308. The molecule has 84 valence electrons. The Hall–Kier alpha value is -1.19. The van der Waals surface area contributed by atoms with E-state index in [1.165, 1.54) is 16.3 Å². The highest BCUT2D eigenvalue weighted by molar-refractivity contribution is 7.09. The highest BCUT2D eigenvalue weighted by atomic mass is 32.1. The van der Waals surface area contributed by atoms with Gasteiger partial charge in [-0.05, 0) is 5.56 Å². The molecule has 1 aromatic heterocycles. The van der Waals surface area contributed by atoms with Gasteiger partial charge in [0.25, 0.3) is 0 Å². The van der Waals surface area contributed by atoms with Gasteiger partial charge in [-0.15, -0.1) is 0 Å². The van der Waals surface area contributed by atoms with Crippen LogP contribution in [0.15, 0.2) is 35.7 Å². The molecule has 0 aliphatic rings. The van der Waals surface area contributed by atoms with Crippen molar-refractivity contribution in [2.24, 2.45) is 7.05 Å². The van der Waals surface area contributed by atoms with Crippen LogP contribution in [0.4, 0.5) is 0 Å². The Kier molecular flexibility index (Phi) is 3.70. The van der Waals surface area contributed by atoms with Crippen molar-refractivity contribution >= 4 is 11.3 Å². The molecule has 2 rings (SSSR count). The van der Waals surface area contributed by atoms with Crippen LogP contribution in [0, 0.1) is 0 Å². The van der Waals surface area contributed by atoms with Gasteiger partial charge in [-0.2, -0.15) is 4.57 Å². The van der Waals surface area contributed by atoms with E-state index in [1.807, 2.05) is 6.07 Å². The molecule has 0 saturated carbocycles. The maximum absolute atomic E-state index is 8.94. The first-order valence-corrected chi connectivity index (χ1v) is 6.29. The summed E-state index contributed by atoms with van der Waals surface area (Å²) in [6, 6.07) is 10.5. The average molecular weight is 234 g/mol. The molecule has 2 aromatic rings. The predicted octanol–water partition coefficient (Wildman–Crippen LogP) is 1.70. The van der Waals surface area contributed by atoms with Gasteiger partial charge < -0.3 is 5.11 Å². The van der Waals surface area contributed by atoms with Crippen molar-refractivity contribution in [1.82, 2.24) is 0 Å². The molecule has 0 atom stereocenters. The topological polar surface area (TPSA) is 24.1 Å². The quantitative estimate of drug-likeness (QED) is 0.800. The average Bonchev–Trinajstić information content (AvgIpc) is 2.64. The largest absolute Gasteiger partial charge is 0.396 e. The molecule has 1 heterocycles. The zero-order valence-electron chi connectivity index (χ0n) is 9.39. The third-order valence-corrected chi connectivity index (χ3v) is 3.83. The second-order valence-corrected chi connectivity index (χ2v) is 4.76. The van der Waals surface area contributed by atoms with E-state index >= 15 is 0 Å². The van der Waals surface area contributed by atoms with E-state index < -0.39 is 0 Å². The van der Waals surface area contributed by atoms with Gasteiger partial charge in [-0.25, -0.2) is 0 Å². The zero-order valence-corrected chi connectivity index (χ0v) is 10.2. The summed E-state index contributed by atoms with van der Waals surface area (Å²) in [7, 11) is 2.07. The van der Waals surface area contributed by atoms with Crippen LogP contribution in [-0.4, -0.2) is 11.7 Å². The van der Waals surface area contributed by atoms with Crippen LogP contribution in [0.2, 0.25) is 0 Å². The minimum absolute atomic E-state index is 0.221. The number of thiazole rings is 1. The maximum Gasteiger partial charge on any atom is 0.239 e. The molecule has 0 radical (unpaired) electrons. The summed E-state index contributed by atoms with van der Waals surface area (Å²) in [4.78, 5) is 0. The van der Waals surface area contributed by atoms with Crippen molar-refractivity contribution < 1.29 is 9.67 Å².